The molecule has 8 atom stereocenters. The molecule has 0 saturated carbocycles. The Kier molecular flexibility index (Phi) is 23.1. The lowest BCUT2D eigenvalue weighted by Crippen LogP contribution is -2.35. The van der Waals surface area contributed by atoms with Gasteiger partial charge >= 0.3 is 5.97 Å². The second-order valence-corrected chi connectivity index (χ2v) is 15.1. The maximum Gasteiger partial charge on any atom is 0.334 e. The van der Waals surface area contributed by atoms with Gasteiger partial charge in [-0.2, -0.15) is 0 Å². The molecule has 292 valence electrons. The molecule has 0 radical (unpaired) electrons. The first-order valence-electron chi connectivity index (χ1n) is 20.6. The fourth-order valence-electron chi connectivity index (χ4n) is 7.94. The van der Waals surface area contributed by atoms with Gasteiger partial charge in [0.15, 0.2) is 0 Å². The van der Waals surface area contributed by atoms with Gasteiger partial charge in [-0.15, -0.1) is 0 Å². The number of hydrogen-bond acceptors (Lipinski definition) is 9. The second-order valence-electron chi connectivity index (χ2n) is 15.1. The summed E-state index contributed by atoms with van der Waals surface area (Å²) in [6, 6.07) is 0. The van der Waals surface area contributed by atoms with Gasteiger partial charge in [-0.05, 0) is 57.9 Å². The van der Waals surface area contributed by atoms with Gasteiger partial charge in [0.1, 0.15) is 19.7 Å². The standard InChI is InChI=1S/C41H74O9/c1-5-6-7-8-9-13-16-19-22-35(46-30-44-3)37-24-26-39(49-37)40-27-25-38(50-40)36(47-31-45-4)23-20-17-14-11-10-12-15-18-21-34(42)29-33-28-32(2)48-41(33)43/h28,32,34-40,42H,5-27,29-31H2,1-4H3/t32-,34+,35+,36+,37+,38+,39+,40+/m0/s1. The highest BCUT2D eigenvalue weighted by atomic mass is 16.7. The van der Waals surface area contributed by atoms with Crippen molar-refractivity contribution in [1.82, 2.24) is 0 Å². The molecular weight excluding hydrogens is 636 g/mol. The summed E-state index contributed by atoms with van der Waals surface area (Å²) in [5.41, 5.74) is 0.623. The summed E-state index contributed by atoms with van der Waals surface area (Å²) >= 11 is 0. The smallest absolute Gasteiger partial charge is 0.334 e. The molecule has 3 rings (SSSR count). The number of rotatable bonds is 31. The van der Waals surface area contributed by atoms with Crippen LogP contribution in [0.3, 0.4) is 0 Å². The van der Waals surface area contributed by atoms with Crippen molar-refractivity contribution in [2.75, 3.05) is 27.8 Å². The monoisotopic (exact) mass is 711 g/mol. The molecule has 0 aromatic carbocycles. The van der Waals surface area contributed by atoms with Gasteiger partial charge in [-0.1, -0.05) is 110 Å². The lowest BCUT2D eigenvalue weighted by atomic mass is 10.00. The molecule has 2 fully saturated rings. The first-order chi connectivity index (χ1) is 24.4. The summed E-state index contributed by atoms with van der Waals surface area (Å²) in [7, 11) is 3.37. The molecule has 3 aliphatic heterocycles. The third kappa shape index (κ3) is 17.2. The van der Waals surface area contributed by atoms with E-state index in [2.05, 4.69) is 6.92 Å². The van der Waals surface area contributed by atoms with E-state index in [0.717, 1.165) is 64.2 Å². The fourth-order valence-corrected chi connectivity index (χ4v) is 7.94. The van der Waals surface area contributed by atoms with Crippen LogP contribution in [0.1, 0.15) is 168 Å². The molecular formula is C41H74O9. The molecule has 0 aromatic heterocycles. The number of cyclic esters (lactones) is 1. The molecule has 0 bridgehead atoms. The summed E-state index contributed by atoms with van der Waals surface area (Å²) in [6.07, 6.45) is 28.8. The predicted molar refractivity (Wildman–Crippen MR) is 197 cm³/mol. The summed E-state index contributed by atoms with van der Waals surface area (Å²) in [5, 5.41) is 10.3. The van der Waals surface area contributed by atoms with E-state index in [1.807, 2.05) is 13.0 Å². The lowest BCUT2D eigenvalue weighted by molar-refractivity contribution is -0.158. The largest absolute Gasteiger partial charge is 0.455 e. The maximum absolute atomic E-state index is 11.7. The summed E-state index contributed by atoms with van der Waals surface area (Å²) in [6.45, 7) is 4.73. The number of hydrogen-bond donors (Lipinski definition) is 1. The number of methoxy groups -OCH3 is 2. The SMILES string of the molecule is CCCCCCCCCC[C@@H](OCOC)[C@H]1CC[C@H]([C@H]2CC[C@H]([C@@H](CCCCCCCCCC[C@@H](O)CC3=C[C@H](C)OC3=O)OCOC)O2)O1. The highest BCUT2D eigenvalue weighted by Crippen LogP contribution is 2.36. The Morgan fingerprint density at radius 3 is 1.54 bits per heavy atom. The van der Waals surface area contributed by atoms with Gasteiger partial charge in [0.2, 0.25) is 0 Å². The highest BCUT2D eigenvalue weighted by molar-refractivity contribution is 5.90. The zero-order chi connectivity index (χ0) is 35.8. The van der Waals surface area contributed by atoms with Gasteiger partial charge in [-0.25, -0.2) is 4.79 Å². The van der Waals surface area contributed by atoms with E-state index >= 15 is 0 Å². The number of esters is 1. The molecule has 2 saturated heterocycles. The molecule has 0 unspecified atom stereocenters. The van der Waals surface area contributed by atoms with Crippen LogP contribution in [0.4, 0.5) is 0 Å². The Hall–Kier alpha value is -1.07. The van der Waals surface area contributed by atoms with Crippen molar-refractivity contribution in [3.05, 3.63) is 11.6 Å². The van der Waals surface area contributed by atoms with Crippen LogP contribution in [-0.2, 0) is 38.0 Å². The van der Waals surface area contributed by atoms with Crippen LogP contribution < -0.4 is 0 Å². The molecule has 3 heterocycles. The van der Waals surface area contributed by atoms with Crippen molar-refractivity contribution in [2.24, 2.45) is 0 Å². The topological polar surface area (TPSA) is 102 Å². The lowest BCUT2D eigenvalue weighted by Gasteiger charge is -2.27. The summed E-state index contributed by atoms with van der Waals surface area (Å²) in [4.78, 5) is 11.7. The van der Waals surface area contributed by atoms with Crippen LogP contribution in [0.2, 0.25) is 0 Å². The third-order valence-electron chi connectivity index (χ3n) is 10.8. The van der Waals surface area contributed by atoms with Crippen LogP contribution >= 0.6 is 0 Å². The zero-order valence-electron chi connectivity index (χ0n) is 32.3. The highest BCUT2D eigenvalue weighted by Gasteiger charge is 2.41. The minimum Gasteiger partial charge on any atom is -0.455 e. The van der Waals surface area contributed by atoms with Crippen molar-refractivity contribution in [1.29, 1.82) is 0 Å². The van der Waals surface area contributed by atoms with Crippen molar-refractivity contribution in [3.63, 3.8) is 0 Å². The molecule has 9 nitrogen and oxygen atoms in total. The molecule has 50 heavy (non-hydrogen) atoms. The van der Waals surface area contributed by atoms with Crippen LogP contribution in [-0.4, -0.2) is 87.7 Å². The fraction of sp³-hybridized carbons (Fsp3) is 0.927. The van der Waals surface area contributed by atoms with Crippen molar-refractivity contribution in [2.45, 2.75) is 217 Å². The molecule has 0 spiro atoms. The van der Waals surface area contributed by atoms with Crippen LogP contribution in [0, 0.1) is 0 Å². The predicted octanol–water partition coefficient (Wildman–Crippen LogP) is 9.11. The van der Waals surface area contributed by atoms with Crippen LogP contribution in [0.15, 0.2) is 11.6 Å². The number of carbonyl (C=O) groups is 1. The van der Waals surface area contributed by atoms with E-state index in [-0.39, 0.29) is 48.7 Å². The third-order valence-corrected chi connectivity index (χ3v) is 10.8. The average molecular weight is 711 g/mol. The van der Waals surface area contributed by atoms with E-state index < -0.39 is 6.10 Å². The van der Waals surface area contributed by atoms with Crippen LogP contribution in [0.5, 0.6) is 0 Å². The number of aliphatic hydroxyl groups excluding tert-OH is 1. The van der Waals surface area contributed by atoms with Crippen molar-refractivity contribution >= 4 is 5.97 Å². The normalized spacial score (nSPS) is 25.6. The molecule has 0 aromatic rings. The number of aliphatic hydroxyl groups is 1. The van der Waals surface area contributed by atoms with E-state index in [1.165, 1.54) is 83.5 Å². The number of unbranched alkanes of at least 4 members (excludes halogenated alkanes) is 14. The van der Waals surface area contributed by atoms with E-state index in [4.69, 9.17) is 33.2 Å². The Morgan fingerprint density at radius 1 is 0.680 bits per heavy atom. The van der Waals surface area contributed by atoms with E-state index in [9.17, 15) is 9.90 Å². The number of ether oxygens (including phenoxy) is 7. The van der Waals surface area contributed by atoms with Gasteiger partial charge in [0.25, 0.3) is 0 Å². The quantitative estimate of drug-likeness (QED) is 0.0429. The Balaban J connectivity index is 1.27. The summed E-state index contributed by atoms with van der Waals surface area (Å²) < 4.78 is 41.3. The molecule has 9 heteroatoms. The summed E-state index contributed by atoms with van der Waals surface area (Å²) in [5.74, 6) is -0.275. The van der Waals surface area contributed by atoms with Gasteiger partial charge in [0, 0.05) is 26.2 Å². The van der Waals surface area contributed by atoms with E-state index in [0.29, 0.717) is 25.6 Å². The van der Waals surface area contributed by atoms with Crippen molar-refractivity contribution < 1.29 is 43.1 Å². The Morgan fingerprint density at radius 2 is 1.12 bits per heavy atom. The van der Waals surface area contributed by atoms with Crippen LogP contribution in [0.25, 0.3) is 0 Å². The first-order valence-corrected chi connectivity index (χ1v) is 20.6. The van der Waals surface area contributed by atoms with E-state index in [1.54, 1.807) is 14.2 Å². The molecule has 1 N–H and O–H groups in total. The minimum absolute atomic E-state index is 0.0494. The minimum atomic E-state index is -0.462. The molecule has 0 aliphatic carbocycles. The van der Waals surface area contributed by atoms with Crippen molar-refractivity contribution in [3.8, 4) is 0 Å². The molecule has 3 aliphatic rings. The maximum atomic E-state index is 11.7. The first kappa shape index (κ1) is 43.3. The molecule has 0 amide bonds. The Labute approximate surface area is 304 Å². The second kappa shape index (κ2) is 26.7. The average Bonchev–Trinajstić information content (AvgIpc) is 3.86. The van der Waals surface area contributed by atoms with Gasteiger partial charge < -0.3 is 38.3 Å². The van der Waals surface area contributed by atoms with Gasteiger partial charge in [-0.3, -0.25) is 0 Å². The zero-order valence-corrected chi connectivity index (χ0v) is 32.3. The Bertz CT molecular complexity index is 897. The van der Waals surface area contributed by atoms with Gasteiger partial charge in [0.05, 0.1) is 42.7 Å². The number of carbonyl (C=O) groups excluding carboxylic acids is 1.